The molecule has 1 atom stereocenters. The highest BCUT2D eigenvalue weighted by Crippen LogP contribution is 2.26. The predicted octanol–water partition coefficient (Wildman–Crippen LogP) is 3.54. The number of anilines is 1. The third kappa shape index (κ3) is 5.01. The van der Waals surface area contributed by atoms with Gasteiger partial charge in [-0.2, -0.15) is 0 Å². The molecule has 0 fully saturated rings. The predicted molar refractivity (Wildman–Crippen MR) is 115 cm³/mol. The highest BCUT2D eigenvalue weighted by Gasteiger charge is 2.23. The van der Waals surface area contributed by atoms with Crippen LogP contribution in [0.5, 0.6) is 11.5 Å². The van der Waals surface area contributed by atoms with E-state index in [0.717, 1.165) is 24.0 Å². The maximum Gasteiger partial charge on any atom is 0.356 e. The van der Waals surface area contributed by atoms with Crippen molar-refractivity contribution in [3.63, 3.8) is 0 Å². The van der Waals surface area contributed by atoms with Gasteiger partial charge in [0.05, 0.1) is 13.7 Å². The number of hydrogen-bond donors (Lipinski definition) is 2. The number of imidazole rings is 1. The number of unbranched alkanes of at least 4 members (excludes halogenated alkanes) is 3. The molecule has 1 aromatic heterocycles. The molecule has 29 heavy (non-hydrogen) atoms. The molecule has 0 amide bonds. The number of nitrogens with zero attached hydrogens (tertiary/aromatic N) is 2. The van der Waals surface area contributed by atoms with E-state index in [1.54, 1.807) is 7.11 Å². The Morgan fingerprint density at radius 3 is 2.52 bits per heavy atom. The molecule has 156 valence electrons. The summed E-state index contributed by atoms with van der Waals surface area (Å²) in [6, 6.07) is 15.6. The van der Waals surface area contributed by atoms with Crippen molar-refractivity contribution >= 4 is 17.0 Å². The Balaban J connectivity index is 1.72. The Bertz CT molecular complexity index is 923. The van der Waals surface area contributed by atoms with Crippen LogP contribution in [0.1, 0.15) is 32.6 Å². The summed E-state index contributed by atoms with van der Waals surface area (Å²) in [6.07, 6.45) is 4.03. The molecule has 0 saturated carbocycles. The van der Waals surface area contributed by atoms with Crippen molar-refractivity contribution in [2.24, 2.45) is 0 Å². The molecule has 0 saturated heterocycles. The lowest BCUT2D eigenvalue weighted by atomic mass is 10.2. The summed E-state index contributed by atoms with van der Waals surface area (Å²) in [7, 11) is 1.60. The summed E-state index contributed by atoms with van der Waals surface area (Å²) in [5, 5.41) is 10.6. The van der Waals surface area contributed by atoms with Gasteiger partial charge in [0.15, 0.2) is 11.5 Å². The summed E-state index contributed by atoms with van der Waals surface area (Å²) in [5.41, 5.74) is 8.61. The van der Waals surface area contributed by atoms with E-state index in [2.05, 4.69) is 17.6 Å². The first-order chi connectivity index (χ1) is 14.2. The van der Waals surface area contributed by atoms with Crippen LogP contribution in [0.25, 0.3) is 11.0 Å². The highest BCUT2D eigenvalue weighted by molar-refractivity contribution is 5.73. The number of hydrogen-bond acceptors (Lipinski definition) is 4. The number of ether oxygens (including phenoxy) is 2. The fourth-order valence-electron chi connectivity index (χ4n) is 3.62. The quantitative estimate of drug-likeness (QED) is 0.383. The van der Waals surface area contributed by atoms with Crippen LogP contribution in [0.4, 0.5) is 5.95 Å². The van der Waals surface area contributed by atoms with Crippen LogP contribution in [-0.2, 0) is 13.1 Å². The van der Waals surface area contributed by atoms with Gasteiger partial charge in [-0.05, 0) is 30.7 Å². The summed E-state index contributed by atoms with van der Waals surface area (Å²) < 4.78 is 15.2. The smallest absolute Gasteiger partial charge is 0.356 e. The SMILES string of the molecule is CCCCCCn1c(N)[n+](CC(O)COc2ccccc2OC)c2ccccc21. The second-order valence-electron chi connectivity index (χ2n) is 7.29. The summed E-state index contributed by atoms with van der Waals surface area (Å²) in [5.74, 6) is 1.93. The number of fused-ring (bicyclic) bond motifs is 1. The van der Waals surface area contributed by atoms with Crippen molar-refractivity contribution in [2.75, 3.05) is 19.5 Å². The molecule has 0 spiro atoms. The molecule has 6 heteroatoms. The Labute approximate surface area is 172 Å². The topological polar surface area (TPSA) is 73.5 Å². The molecule has 0 aliphatic heterocycles. The minimum atomic E-state index is -0.702. The maximum absolute atomic E-state index is 10.6. The van der Waals surface area contributed by atoms with Gasteiger partial charge in [0.25, 0.3) is 0 Å². The van der Waals surface area contributed by atoms with Crippen molar-refractivity contribution in [3.8, 4) is 11.5 Å². The van der Waals surface area contributed by atoms with Gasteiger partial charge >= 0.3 is 5.95 Å². The van der Waals surface area contributed by atoms with Crippen molar-refractivity contribution < 1.29 is 19.1 Å². The van der Waals surface area contributed by atoms with Crippen LogP contribution in [0.2, 0.25) is 0 Å². The molecule has 3 rings (SSSR count). The van der Waals surface area contributed by atoms with E-state index in [1.165, 1.54) is 19.3 Å². The fourth-order valence-corrected chi connectivity index (χ4v) is 3.62. The van der Waals surface area contributed by atoms with Crippen LogP contribution < -0.4 is 19.8 Å². The Morgan fingerprint density at radius 1 is 1.03 bits per heavy atom. The molecule has 1 unspecified atom stereocenters. The molecule has 6 nitrogen and oxygen atoms in total. The number of aryl methyl sites for hydroxylation is 1. The van der Waals surface area contributed by atoms with Gasteiger partial charge in [-0.1, -0.05) is 50.5 Å². The lowest BCUT2D eigenvalue weighted by Crippen LogP contribution is -2.43. The number of rotatable bonds is 11. The van der Waals surface area contributed by atoms with Crippen molar-refractivity contribution in [3.05, 3.63) is 48.5 Å². The third-order valence-corrected chi connectivity index (χ3v) is 5.15. The lowest BCUT2D eigenvalue weighted by Gasteiger charge is -2.14. The standard InChI is InChI=1S/C23H31N3O3/c1-3-4-5-10-15-25-19-11-6-7-12-20(19)26(23(25)24)16-18(27)17-29-22-14-9-8-13-21(22)28-2/h6-9,11-14,18,24,27H,3-5,10,15-17H2,1-2H3/p+1. The average molecular weight is 399 g/mol. The Morgan fingerprint density at radius 2 is 1.76 bits per heavy atom. The largest absolute Gasteiger partial charge is 0.493 e. The second-order valence-corrected chi connectivity index (χ2v) is 7.29. The minimum absolute atomic E-state index is 0.156. The van der Waals surface area contributed by atoms with Crippen LogP contribution in [0.3, 0.4) is 0 Å². The lowest BCUT2D eigenvalue weighted by molar-refractivity contribution is -0.665. The van der Waals surface area contributed by atoms with Gasteiger partial charge in [0, 0.05) is 0 Å². The van der Waals surface area contributed by atoms with E-state index in [4.69, 9.17) is 15.2 Å². The van der Waals surface area contributed by atoms with Crippen molar-refractivity contribution in [1.29, 1.82) is 0 Å². The molecule has 0 radical (unpaired) electrons. The molecule has 0 aliphatic carbocycles. The number of aliphatic hydroxyl groups is 1. The zero-order valence-electron chi connectivity index (χ0n) is 17.4. The molecule has 0 aliphatic rings. The summed E-state index contributed by atoms with van der Waals surface area (Å²) in [6.45, 7) is 3.61. The van der Waals surface area contributed by atoms with Gasteiger partial charge in [0.1, 0.15) is 30.3 Å². The fraction of sp³-hybridized carbons (Fsp3) is 0.435. The molecule has 3 aromatic rings. The zero-order valence-corrected chi connectivity index (χ0v) is 17.4. The summed E-state index contributed by atoms with van der Waals surface area (Å²) in [4.78, 5) is 0. The van der Waals surface area contributed by atoms with E-state index >= 15 is 0 Å². The van der Waals surface area contributed by atoms with E-state index in [-0.39, 0.29) is 6.61 Å². The van der Waals surface area contributed by atoms with Gasteiger partial charge < -0.3 is 14.6 Å². The van der Waals surface area contributed by atoms with Gasteiger partial charge in [-0.15, -0.1) is 0 Å². The number of methoxy groups -OCH3 is 1. The number of para-hydroxylation sites is 4. The van der Waals surface area contributed by atoms with Gasteiger partial charge in [-0.3, -0.25) is 5.73 Å². The number of benzene rings is 2. The van der Waals surface area contributed by atoms with Crippen LogP contribution in [0, 0.1) is 0 Å². The third-order valence-electron chi connectivity index (χ3n) is 5.15. The summed E-state index contributed by atoms with van der Waals surface area (Å²) >= 11 is 0. The number of aliphatic hydroxyl groups excluding tert-OH is 1. The van der Waals surface area contributed by atoms with Gasteiger partial charge in [0.2, 0.25) is 0 Å². The van der Waals surface area contributed by atoms with Crippen LogP contribution >= 0.6 is 0 Å². The van der Waals surface area contributed by atoms with Crippen molar-refractivity contribution in [2.45, 2.75) is 51.8 Å². The van der Waals surface area contributed by atoms with E-state index in [1.807, 2.05) is 47.0 Å². The number of nitrogens with two attached hydrogens (primary N) is 1. The average Bonchev–Trinajstić information content (AvgIpc) is 3.01. The number of nitrogen functional groups attached to an aromatic ring is 1. The van der Waals surface area contributed by atoms with E-state index < -0.39 is 6.10 Å². The first kappa shape index (κ1) is 21.0. The van der Waals surface area contributed by atoms with Crippen LogP contribution in [-0.4, -0.2) is 29.5 Å². The minimum Gasteiger partial charge on any atom is -0.493 e. The Kier molecular flexibility index (Phi) is 7.36. The maximum atomic E-state index is 10.6. The van der Waals surface area contributed by atoms with Crippen molar-refractivity contribution in [1.82, 2.24) is 4.57 Å². The zero-order chi connectivity index (χ0) is 20.6. The molecule has 2 aromatic carbocycles. The highest BCUT2D eigenvalue weighted by atomic mass is 16.5. The first-order valence-electron chi connectivity index (χ1n) is 10.4. The normalized spacial score (nSPS) is 12.2. The second kappa shape index (κ2) is 10.2. The monoisotopic (exact) mass is 398 g/mol. The van der Waals surface area contributed by atoms with Gasteiger partial charge in [-0.25, -0.2) is 9.13 Å². The van der Waals surface area contributed by atoms with Crippen LogP contribution in [0.15, 0.2) is 48.5 Å². The number of aromatic nitrogens is 2. The first-order valence-corrected chi connectivity index (χ1v) is 10.4. The molecule has 1 heterocycles. The van der Waals surface area contributed by atoms with E-state index in [0.29, 0.717) is 24.0 Å². The molecular weight excluding hydrogens is 366 g/mol. The molecule has 3 N–H and O–H groups in total. The van der Waals surface area contributed by atoms with E-state index in [9.17, 15) is 5.11 Å². The molecular formula is C23H32N3O3+. The molecule has 0 bridgehead atoms. The Hall–Kier alpha value is -2.73.